The monoisotopic (exact) mass is 1200 g/mol. The van der Waals surface area contributed by atoms with Crippen LogP contribution in [0, 0.1) is 18.8 Å². The normalized spacial score (nSPS) is 14.5. The van der Waals surface area contributed by atoms with E-state index in [2.05, 4.69) is 71.0 Å². The summed E-state index contributed by atoms with van der Waals surface area (Å²) in [7, 11) is 0. The zero-order valence-corrected chi connectivity index (χ0v) is 56.5. The summed E-state index contributed by atoms with van der Waals surface area (Å²) in [5, 5.41) is 0.200. The minimum Gasteiger partial charge on any atom is -0.282 e. The predicted molar refractivity (Wildman–Crippen MR) is 366 cm³/mol. The van der Waals surface area contributed by atoms with E-state index < -0.39 is 0 Å². The second kappa shape index (κ2) is 39.8. The topological polar surface area (TPSA) is 34.1 Å². The maximum Gasteiger partial charge on any atom is 0.226 e. The van der Waals surface area contributed by atoms with Crippen LogP contribution in [0.5, 0.6) is 0 Å². The van der Waals surface area contributed by atoms with Crippen molar-refractivity contribution in [2.75, 3.05) is 0 Å². The minimum atomic E-state index is 0.0948. The van der Waals surface area contributed by atoms with Crippen LogP contribution in [0.2, 0.25) is 0 Å². The molecule has 2 atom stereocenters. The van der Waals surface area contributed by atoms with Crippen molar-refractivity contribution in [3.05, 3.63) is 72.7 Å². The van der Waals surface area contributed by atoms with E-state index in [9.17, 15) is 9.59 Å². The highest BCUT2D eigenvalue weighted by atomic mass is 32.2. The van der Waals surface area contributed by atoms with Crippen LogP contribution in [0.4, 0.5) is 0 Å². The molecule has 0 N–H and O–H groups in total. The summed E-state index contributed by atoms with van der Waals surface area (Å²) in [6.07, 6.45) is 57.4. The Morgan fingerprint density at radius 2 is 0.662 bits per heavy atom. The van der Waals surface area contributed by atoms with Gasteiger partial charge >= 0.3 is 0 Å². The Bertz CT molecular complexity index is 2420. The van der Waals surface area contributed by atoms with E-state index in [0.29, 0.717) is 5.92 Å². The second-order valence-corrected chi connectivity index (χ2v) is 31.0. The van der Waals surface area contributed by atoms with Gasteiger partial charge in [-0.2, -0.15) is 0 Å². The average Bonchev–Trinajstić information content (AvgIpc) is 4.42. The lowest BCUT2D eigenvalue weighted by atomic mass is 9.88. The molecule has 0 saturated heterocycles. The Morgan fingerprint density at radius 3 is 1.05 bits per heavy atom. The summed E-state index contributed by atoms with van der Waals surface area (Å²) in [6.45, 7) is 13.5. The van der Waals surface area contributed by atoms with E-state index in [4.69, 9.17) is 0 Å². The molecule has 0 saturated carbocycles. The number of aryl methyl sites for hydroxylation is 1. The zero-order valence-electron chi connectivity index (χ0n) is 51.6. The van der Waals surface area contributed by atoms with Crippen LogP contribution in [0.25, 0.3) is 34.8 Å². The first kappa shape index (κ1) is 67.4. The van der Waals surface area contributed by atoms with E-state index in [0.717, 1.165) is 38.2 Å². The van der Waals surface area contributed by atoms with Crippen LogP contribution < -0.4 is 0 Å². The van der Waals surface area contributed by atoms with Crippen LogP contribution in [-0.4, -0.2) is 10.2 Å². The summed E-state index contributed by atoms with van der Waals surface area (Å²) < 4.78 is 0. The molecule has 0 aromatic carbocycles. The number of thiophene rings is 4. The summed E-state index contributed by atoms with van der Waals surface area (Å²) in [5.41, 5.74) is 4.51. The Balaban J connectivity index is 1.18. The van der Waals surface area contributed by atoms with Gasteiger partial charge in [0, 0.05) is 54.4 Å². The Morgan fingerprint density at radius 1 is 0.338 bits per heavy atom. The number of carbonyl (C=O) groups is 2. The van der Waals surface area contributed by atoms with Crippen molar-refractivity contribution >= 4 is 84.7 Å². The quantitative estimate of drug-likeness (QED) is 0.0413. The van der Waals surface area contributed by atoms with Gasteiger partial charge in [0.05, 0.1) is 5.57 Å². The lowest BCUT2D eigenvalue weighted by Gasteiger charge is -2.17. The third kappa shape index (κ3) is 23.3. The number of rotatable bonds is 48. The predicted octanol–water partition coefficient (Wildman–Crippen LogP) is 26.8. The van der Waals surface area contributed by atoms with Gasteiger partial charge in [-0.1, -0.05) is 285 Å². The number of unbranched alkanes of at least 4 members (excludes halogenated alkanes) is 32. The molecule has 0 amide bonds. The minimum absolute atomic E-state index is 0.0948. The Labute approximate surface area is 515 Å². The van der Waals surface area contributed by atoms with Gasteiger partial charge in [-0.15, -0.1) is 45.3 Å². The largest absolute Gasteiger partial charge is 0.282 e. The number of hydrogen-bond acceptors (Lipinski definition) is 8. The van der Waals surface area contributed by atoms with Gasteiger partial charge in [0.2, 0.25) is 10.2 Å². The highest BCUT2D eigenvalue weighted by Gasteiger charge is 2.39. The maximum atomic E-state index is 13.9. The number of thioether (sulfide) groups is 2. The Hall–Kier alpha value is -1.68. The molecule has 0 spiro atoms. The zero-order chi connectivity index (χ0) is 56.6. The highest BCUT2D eigenvalue weighted by Crippen LogP contribution is 2.56. The highest BCUT2D eigenvalue weighted by molar-refractivity contribution is 8.25. The fourth-order valence-corrected chi connectivity index (χ4v) is 19.7. The maximum absolute atomic E-state index is 13.9. The molecule has 446 valence electrons. The molecule has 2 aliphatic heterocycles. The standard InChI is InChI=1S/C72H110O2S6/c1-7-11-15-19-23-27-29-33-37-40-44-57(43-39-35-31-25-21-17-13-9-3)52-59-51-55(5)75-68(59)63-49-47-61(76-63)62-48-50-64(77-62)69-60(54-65(78-69)66-70-67(79-72(66)74)56(6)71(73)80-70)53-58(45-41-36-32-26-22-18-14-10-4)46-42-38-34-30-28-24-20-16-12-8-2/h47-51,54,57-58H,7-46,52-53H2,1-6H3. The van der Waals surface area contributed by atoms with Gasteiger partial charge in [0.15, 0.2) is 0 Å². The molecule has 6 rings (SSSR count). The van der Waals surface area contributed by atoms with Crippen molar-refractivity contribution in [1.82, 2.24) is 0 Å². The molecule has 0 radical (unpaired) electrons. The molecule has 0 aliphatic carbocycles. The smallest absolute Gasteiger partial charge is 0.226 e. The van der Waals surface area contributed by atoms with Gasteiger partial charge in [-0.05, 0) is 110 Å². The molecule has 6 heterocycles. The molecule has 2 aliphatic rings. The number of fused-ring (bicyclic) bond motifs is 1. The van der Waals surface area contributed by atoms with Crippen LogP contribution in [0.15, 0.2) is 51.8 Å². The summed E-state index contributed by atoms with van der Waals surface area (Å²) in [6, 6.07) is 14.5. The van der Waals surface area contributed by atoms with E-state index in [1.807, 2.05) is 52.3 Å². The van der Waals surface area contributed by atoms with E-state index in [-0.39, 0.29) is 10.2 Å². The van der Waals surface area contributed by atoms with Crippen LogP contribution in [-0.2, 0) is 22.4 Å². The molecule has 80 heavy (non-hydrogen) atoms. The van der Waals surface area contributed by atoms with Crippen LogP contribution in [0.1, 0.15) is 312 Å². The summed E-state index contributed by atoms with van der Waals surface area (Å²) >= 11 is 10.3. The molecule has 4 aromatic rings. The fourth-order valence-electron chi connectivity index (χ4n) is 12.5. The average molecular weight is 1200 g/mol. The molecule has 8 heteroatoms. The summed E-state index contributed by atoms with van der Waals surface area (Å²) in [5.74, 6) is 1.40. The van der Waals surface area contributed by atoms with Crippen molar-refractivity contribution in [2.24, 2.45) is 11.8 Å². The number of hydrogen-bond donors (Lipinski definition) is 0. The second-order valence-electron chi connectivity index (χ2n) is 24.6. The van der Waals surface area contributed by atoms with Gasteiger partial charge < -0.3 is 0 Å². The number of carbonyl (C=O) groups excluding carboxylic acids is 2. The van der Waals surface area contributed by atoms with Crippen molar-refractivity contribution < 1.29 is 9.59 Å². The lowest BCUT2D eigenvalue weighted by molar-refractivity contribution is -0.107. The first-order valence-electron chi connectivity index (χ1n) is 33.6. The van der Waals surface area contributed by atoms with Gasteiger partial charge in [-0.3, -0.25) is 9.59 Å². The molecule has 0 bridgehead atoms. The van der Waals surface area contributed by atoms with Crippen molar-refractivity contribution in [2.45, 2.75) is 311 Å². The Kier molecular flexibility index (Phi) is 33.6. The van der Waals surface area contributed by atoms with E-state index in [1.165, 1.54) is 326 Å². The lowest BCUT2D eigenvalue weighted by Crippen LogP contribution is -2.05. The first-order valence-corrected chi connectivity index (χ1v) is 38.5. The van der Waals surface area contributed by atoms with Gasteiger partial charge in [0.25, 0.3) is 0 Å². The van der Waals surface area contributed by atoms with E-state index >= 15 is 0 Å². The molecule has 0 fully saturated rings. The summed E-state index contributed by atoms with van der Waals surface area (Å²) in [4.78, 5) is 39.5. The van der Waals surface area contributed by atoms with Gasteiger partial charge in [-0.25, -0.2) is 0 Å². The SMILES string of the molecule is CCCCCCCCCCCCC(CCCCCCCCCC)Cc1cc(C)sc1-c1ccc(-c2ccc(-c3sc(C4=C5SC(=O)C(C)=C5SC4=O)cc3CC(CCCCCCCCCC)CCCCCCCCCCCC)s2)s1. The third-order valence-corrected chi connectivity index (χ3v) is 24.8. The molecular weight excluding hydrogens is 1090 g/mol. The first-order chi connectivity index (χ1) is 39.2. The van der Waals surface area contributed by atoms with Crippen molar-refractivity contribution in [3.63, 3.8) is 0 Å². The fraction of sp³-hybridized carbons (Fsp3) is 0.694. The van der Waals surface area contributed by atoms with Gasteiger partial charge in [0.1, 0.15) is 0 Å². The third-order valence-electron chi connectivity index (χ3n) is 17.4. The molecular formula is C72H110O2S6. The molecule has 4 aromatic heterocycles. The van der Waals surface area contributed by atoms with Crippen molar-refractivity contribution in [3.8, 4) is 29.3 Å². The van der Waals surface area contributed by atoms with Crippen molar-refractivity contribution in [1.29, 1.82) is 0 Å². The van der Waals surface area contributed by atoms with E-state index in [1.54, 1.807) is 5.56 Å². The molecule has 2 nitrogen and oxygen atoms in total. The van der Waals surface area contributed by atoms with Crippen LogP contribution >= 0.6 is 68.9 Å². The molecule has 2 unspecified atom stereocenters. The van der Waals surface area contributed by atoms with Crippen LogP contribution in [0.3, 0.4) is 0 Å².